The van der Waals surface area contributed by atoms with Crippen molar-refractivity contribution in [2.75, 3.05) is 28.6 Å². The Morgan fingerprint density at radius 3 is 2.64 bits per heavy atom. The van der Waals surface area contributed by atoms with Crippen LogP contribution in [0.3, 0.4) is 0 Å². The summed E-state index contributed by atoms with van der Waals surface area (Å²) in [6.45, 7) is 0.469. The molecule has 3 aromatic rings. The number of nitrogens with zero attached hydrogens (tertiary/aromatic N) is 3. The molecule has 1 fully saturated rings. The molecule has 3 N–H and O–H groups in total. The number of nitrogens with one attached hydrogen (secondary N) is 3. The summed E-state index contributed by atoms with van der Waals surface area (Å²) in [7, 11) is 0. The number of pyridine rings is 2. The van der Waals surface area contributed by atoms with E-state index in [1.54, 1.807) is 17.0 Å². The summed E-state index contributed by atoms with van der Waals surface area (Å²) in [5.41, 5.74) is 1.28. The standard InChI is InChI=1S/C18H17F3N6O/c19-11-7-13-14(10-24-16(13)23-8-11)26-17(28)25-12-1-2-15(22-9-12)27-5-3-18(20,21)4-6-27/h1-2,7-10H,3-6H2,(H,23,24)(H2,25,26,28). The van der Waals surface area contributed by atoms with Gasteiger partial charge in [-0.15, -0.1) is 0 Å². The number of piperidine rings is 1. The maximum absolute atomic E-state index is 13.4. The van der Waals surface area contributed by atoms with E-state index in [2.05, 4.69) is 25.6 Å². The maximum atomic E-state index is 13.4. The molecule has 0 bridgehead atoms. The second-order valence-electron chi connectivity index (χ2n) is 6.58. The number of H-pyrrole nitrogens is 1. The van der Waals surface area contributed by atoms with Crippen LogP contribution >= 0.6 is 0 Å². The Balaban J connectivity index is 1.39. The molecule has 4 rings (SSSR count). The number of rotatable bonds is 3. The molecule has 3 aromatic heterocycles. The van der Waals surface area contributed by atoms with Gasteiger partial charge in [-0.05, 0) is 18.2 Å². The number of aromatic amines is 1. The van der Waals surface area contributed by atoms with Crippen molar-refractivity contribution >= 4 is 34.3 Å². The minimum absolute atomic E-state index is 0.197. The Bertz CT molecular complexity index is 994. The van der Waals surface area contributed by atoms with Gasteiger partial charge in [-0.25, -0.2) is 27.9 Å². The average Bonchev–Trinajstić information content (AvgIpc) is 3.04. The highest BCUT2D eigenvalue weighted by atomic mass is 19.3. The van der Waals surface area contributed by atoms with Gasteiger partial charge < -0.3 is 20.5 Å². The van der Waals surface area contributed by atoms with Gasteiger partial charge in [0.1, 0.15) is 17.3 Å². The first-order valence-corrected chi connectivity index (χ1v) is 8.69. The first kappa shape index (κ1) is 18.1. The van der Waals surface area contributed by atoms with Crippen LogP contribution in [0.1, 0.15) is 12.8 Å². The van der Waals surface area contributed by atoms with Crippen LogP contribution in [-0.2, 0) is 0 Å². The predicted octanol–water partition coefficient (Wildman–Crippen LogP) is 3.98. The van der Waals surface area contributed by atoms with Crippen LogP contribution in [0.2, 0.25) is 0 Å². The van der Waals surface area contributed by atoms with Crippen molar-refractivity contribution in [2.45, 2.75) is 18.8 Å². The normalized spacial score (nSPS) is 16.2. The van der Waals surface area contributed by atoms with Gasteiger partial charge in [0, 0.05) is 37.5 Å². The topological polar surface area (TPSA) is 85.9 Å². The summed E-state index contributed by atoms with van der Waals surface area (Å²) in [4.78, 5) is 25.0. The summed E-state index contributed by atoms with van der Waals surface area (Å²) in [6.07, 6.45) is 3.66. The minimum Gasteiger partial charge on any atom is -0.356 e. The number of hydrogen-bond acceptors (Lipinski definition) is 4. The zero-order valence-corrected chi connectivity index (χ0v) is 14.7. The number of aromatic nitrogens is 3. The van der Waals surface area contributed by atoms with Crippen molar-refractivity contribution in [3.8, 4) is 0 Å². The highest BCUT2D eigenvalue weighted by Crippen LogP contribution is 2.30. The first-order chi connectivity index (χ1) is 13.4. The molecule has 1 aliphatic rings. The van der Waals surface area contributed by atoms with Crippen molar-refractivity contribution in [3.05, 3.63) is 42.6 Å². The van der Waals surface area contributed by atoms with Crippen molar-refractivity contribution in [1.82, 2.24) is 15.0 Å². The molecular formula is C18H17F3N6O. The molecule has 2 amide bonds. The lowest BCUT2D eigenvalue weighted by atomic mass is 10.1. The van der Waals surface area contributed by atoms with Gasteiger partial charge >= 0.3 is 6.03 Å². The third kappa shape index (κ3) is 3.85. The van der Waals surface area contributed by atoms with Gasteiger partial charge in [0.05, 0.1) is 23.8 Å². The summed E-state index contributed by atoms with van der Waals surface area (Å²) in [6, 6.07) is 4.06. The number of carbonyl (C=O) groups excluding carboxylic acids is 1. The van der Waals surface area contributed by atoms with Crippen molar-refractivity contribution < 1.29 is 18.0 Å². The van der Waals surface area contributed by atoms with E-state index in [4.69, 9.17) is 0 Å². The third-order valence-electron chi connectivity index (χ3n) is 4.57. The fourth-order valence-electron chi connectivity index (χ4n) is 3.08. The third-order valence-corrected chi connectivity index (χ3v) is 4.57. The monoisotopic (exact) mass is 390 g/mol. The van der Waals surface area contributed by atoms with Crippen LogP contribution in [0.25, 0.3) is 11.0 Å². The maximum Gasteiger partial charge on any atom is 0.323 e. The van der Waals surface area contributed by atoms with E-state index in [0.717, 1.165) is 6.20 Å². The van der Waals surface area contributed by atoms with Crippen LogP contribution in [0.5, 0.6) is 0 Å². The molecule has 10 heteroatoms. The number of amides is 2. The van der Waals surface area contributed by atoms with Gasteiger partial charge in [0.2, 0.25) is 0 Å². The molecular weight excluding hydrogens is 373 g/mol. The van der Waals surface area contributed by atoms with Gasteiger partial charge in [0.15, 0.2) is 0 Å². The summed E-state index contributed by atoms with van der Waals surface area (Å²) >= 11 is 0. The number of hydrogen-bond donors (Lipinski definition) is 3. The van der Waals surface area contributed by atoms with Gasteiger partial charge in [0.25, 0.3) is 5.92 Å². The summed E-state index contributed by atoms with van der Waals surface area (Å²) < 4.78 is 39.8. The molecule has 0 radical (unpaired) electrons. The number of halogens is 3. The molecule has 0 spiro atoms. The predicted molar refractivity (Wildman–Crippen MR) is 99.3 cm³/mol. The van der Waals surface area contributed by atoms with Crippen LogP contribution in [-0.4, -0.2) is 40.0 Å². The minimum atomic E-state index is -2.61. The van der Waals surface area contributed by atoms with Crippen LogP contribution in [0.15, 0.2) is 36.8 Å². The van der Waals surface area contributed by atoms with E-state index in [1.807, 2.05) is 0 Å². The first-order valence-electron chi connectivity index (χ1n) is 8.69. The van der Waals surface area contributed by atoms with Gasteiger partial charge in [-0.2, -0.15) is 0 Å². The Hall–Kier alpha value is -3.30. The van der Waals surface area contributed by atoms with E-state index in [9.17, 15) is 18.0 Å². The highest BCUT2D eigenvalue weighted by Gasteiger charge is 2.34. The van der Waals surface area contributed by atoms with Crippen molar-refractivity contribution in [2.24, 2.45) is 0 Å². The van der Waals surface area contributed by atoms with E-state index in [-0.39, 0.29) is 25.9 Å². The molecule has 28 heavy (non-hydrogen) atoms. The zero-order chi connectivity index (χ0) is 19.7. The molecule has 0 atom stereocenters. The fraction of sp³-hybridized carbons (Fsp3) is 0.278. The molecule has 0 saturated carbocycles. The SMILES string of the molecule is O=C(Nc1ccc(N2CCC(F)(F)CC2)nc1)Nc1c[nH]c2ncc(F)cc12. The Labute approximate surface area is 158 Å². The van der Waals surface area contributed by atoms with Crippen LogP contribution in [0.4, 0.5) is 35.2 Å². The summed E-state index contributed by atoms with van der Waals surface area (Å²) in [5, 5.41) is 5.69. The quantitative estimate of drug-likeness (QED) is 0.632. The van der Waals surface area contributed by atoms with E-state index in [1.165, 1.54) is 18.5 Å². The average molecular weight is 390 g/mol. The van der Waals surface area contributed by atoms with Crippen LogP contribution < -0.4 is 15.5 Å². The van der Waals surface area contributed by atoms with Gasteiger partial charge in [-0.1, -0.05) is 0 Å². The number of urea groups is 1. The molecule has 0 unspecified atom stereocenters. The lowest BCUT2D eigenvalue weighted by Crippen LogP contribution is -2.39. The highest BCUT2D eigenvalue weighted by molar-refractivity contribution is 6.05. The fourth-order valence-corrected chi connectivity index (χ4v) is 3.08. The number of alkyl halides is 2. The van der Waals surface area contributed by atoms with Crippen LogP contribution in [0, 0.1) is 5.82 Å². The smallest absolute Gasteiger partial charge is 0.323 e. The zero-order valence-electron chi connectivity index (χ0n) is 14.7. The number of anilines is 3. The van der Waals surface area contributed by atoms with E-state index < -0.39 is 17.8 Å². The second-order valence-corrected chi connectivity index (χ2v) is 6.58. The largest absolute Gasteiger partial charge is 0.356 e. The van der Waals surface area contributed by atoms with Gasteiger partial charge in [-0.3, -0.25) is 0 Å². The molecule has 4 heterocycles. The van der Waals surface area contributed by atoms with Crippen molar-refractivity contribution in [3.63, 3.8) is 0 Å². The number of fused-ring (bicyclic) bond motifs is 1. The molecule has 146 valence electrons. The van der Waals surface area contributed by atoms with E-state index in [0.29, 0.717) is 28.2 Å². The lowest BCUT2D eigenvalue weighted by molar-refractivity contribution is -0.0221. The molecule has 1 saturated heterocycles. The molecule has 0 aliphatic carbocycles. The molecule has 0 aromatic carbocycles. The molecule has 1 aliphatic heterocycles. The summed E-state index contributed by atoms with van der Waals surface area (Å²) in [5.74, 6) is -2.54. The Morgan fingerprint density at radius 1 is 1.14 bits per heavy atom. The Morgan fingerprint density at radius 2 is 1.93 bits per heavy atom. The Kier molecular flexibility index (Phi) is 4.54. The van der Waals surface area contributed by atoms with Crippen molar-refractivity contribution in [1.29, 1.82) is 0 Å². The second kappa shape index (κ2) is 7.02. The lowest BCUT2D eigenvalue weighted by Gasteiger charge is -2.32. The van der Waals surface area contributed by atoms with E-state index >= 15 is 0 Å². The molecule has 7 nitrogen and oxygen atoms in total. The number of carbonyl (C=O) groups is 1.